The number of carboxylic acids is 1. The first kappa shape index (κ1) is 11.4. The first-order valence-electron chi connectivity index (χ1n) is 4.39. The molecule has 0 amide bonds. The van der Waals surface area contributed by atoms with Crippen LogP contribution in [-0.2, 0) is 15.0 Å². The lowest BCUT2D eigenvalue weighted by Gasteiger charge is -2.28. The number of hydrogen-bond acceptors (Lipinski definition) is 3. The number of carboxylic acid groups (broad SMARTS) is 1. The summed E-state index contributed by atoms with van der Waals surface area (Å²) in [5.41, 5.74) is 0. The van der Waals surface area contributed by atoms with Gasteiger partial charge in [0.1, 0.15) is 0 Å². The Bertz CT molecular complexity index is 306. The smallest absolute Gasteiger partial charge is 0.303 e. The molecule has 1 rings (SSSR count). The second kappa shape index (κ2) is 4.24. The fourth-order valence-electron chi connectivity index (χ4n) is 1.61. The Morgan fingerprint density at radius 2 is 1.93 bits per heavy atom. The maximum Gasteiger partial charge on any atom is 0.303 e. The van der Waals surface area contributed by atoms with Crippen molar-refractivity contribution < 1.29 is 18.3 Å². The van der Waals surface area contributed by atoms with E-state index in [1.54, 1.807) is 0 Å². The molecule has 1 aliphatic rings. The first-order valence-corrected chi connectivity index (χ1v) is 5.89. The van der Waals surface area contributed by atoms with Crippen molar-refractivity contribution in [3.63, 3.8) is 0 Å². The van der Waals surface area contributed by atoms with Gasteiger partial charge in [0.2, 0.25) is 0 Å². The molecule has 0 bridgehead atoms. The van der Waals surface area contributed by atoms with E-state index in [0.29, 0.717) is 25.9 Å². The molecule has 0 aliphatic carbocycles. The summed E-state index contributed by atoms with van der Waals surface area (Å²) in [6.45, 7) is 0.660. The van der Waals surface area contributed by atoms with Crippen molar-refractivity contribution in [2.75, 3.05) is 13.1 Å². The summed E-state index contributed by atoms with van der Waals surface area (Å²) in [6.07, 6.45) is 1.25. The lowest BCUT2D eigenvalue weighted by Crippen LogP contribution is -2.42. The van der Waals surface area contributed by atoms with Crippen molar-refractivity contribution >= 4 is 16.2 Å². The molecule has 6 nitrogen and oxygen atoms in total. The minimum Gasteiger partial charge on any atom is -0.481 e. The third kappa shape index (κ3) is 3.24. The van der Waals surface area contributed by atoms with Crippen LogP contribution in [0.3, 0.4) is 0 Å². The van der Waals surface area contributed by atoms with Crippen molar-refractivity contribution in [1.29, 1.82) is 0 Å². The van der Waals surface area contributed by atoms with Crippen LogP contribution in [0.1, 0.15) is 19.3 Å². The molecule has 0 atom stereocenters. The van der Waals surface area contributed by atoms with Crippen LogP contribution < -0.4 is 5.14 Å². The summed E-state index contributed by atoms with van der Waals surface area (Å²) in [5, 5.41) is 13.5. The van der Waals surface area contributed by atoms with Crippen LogP contribution in [0.5, 0.6) is 0 Å². The van der Waals surface area contributed by atoms with Crippen LogP contribution in [0.4, 0.5) is 0 Å². The van der Waals surface area contributed by atoms with Crippen molar-refractivity contribution in [3.05, 3.63) is 0 Å². The number of carbonyl (C=O) groups is 1. The highest BCUT2D eigenvalue weighted by atomic mass is 32.2. The second-order valence-electron chi connectivity index (χ2n) is 3.49. The summed E-state index contributed by atoms with van der Waals surface area (Å²) < 4.78 is 23.0. The average Bonchev–Trinajstić information content (AvgIpc) is 2.02. The van der Waals surface area contributed by atoms with Crippen molar-refractivity contribution in [2.24, 2.45) is 11.1 Å². The van der Waals surface area contributed by atoms with E-state index in [2.05, 4.69) is 0 Å². The quantitative estimate of drug-likeness (QED) is 0.664. The zero-order valence-corrected chi connectivity index (χ0v) is 8.53. The maximum atomic E-state index is 10.9. The molecule has 1 heterocycles. The monoisotopic (exact) mass is 222 g/mol. The van der Waals surface area contributed by atoms with Gasteiger partial charge in [-0.15, -0.1) is 0 Å². The number of nitrogens with zero attached hydrogens (tertiary/aromatic N) is 1. The van der Waals surface area contributed by atoms with Gasteiger partial charge >= 0.3 is 5.97 Å². The fraction of sp³-hybridized carbons (Fsp3) is 0.857. The number of aliphatic carboxylic acids is 1. The highest BCUT2D eigenvalue weighted by Crippen LogP contribution is 2.21. The van der Waals surface area contributed by atoms with Crippen molar-refractivity contribution in [1.82, 2.24) is 4.31 Å². The molecule has 0 aromatic carbocycles. The largest absolute Gasteiger partial charge is 0.481 e. The van der Waals surface area contributed by atoms with Gasteiger partial charge < -0.3 is 5.11 Å². The van der Waals surface area contributed by atoms with E-state index in [1.165, 1.54) is 4.31 Å². The van der Waals surface area contributed by atoms with Crippen LogP contribution in [0.25, 0.3) is 0 Å². The van der Waals surface area contributed by atoms with Gasteiger partial charge in [0.15, 0.2) is 0 Å². The summed E-state index contributed by atoms with van der Waals surface area (Å²) in [5.74, 6) is -0.760. The normalized spacial score (nSPS) is 20.9. The number of hydrogen-bond donors (Lipinski definition) is 2. The van der Waals surface area contributed by atoms with Crippen LogP contribution in [0.15, 0.2) is 0 Å². The molecule has 0 unspecified atom stereocenters. The van der Waals surface area contributed by atoms with Gasteiger partial charge in [-0.25, -0.2) is 5.14 Å². The van der Waals surface area contributed by atoms with Gasteiger partial charge in [-0.3, -0.25) is 4.79 Å². The standard InChI is InChI=1S/C7H14N2O4S/c8-14(12,13)9-3-1-6(2-4-9)5-7(10)11/h6H,1-5H2,(H,10,11)(H2,8,12,13). The Labute approximate surface area is 82.9 Å². The van der Waals surface area contributed by atoms with E-state index in [1.807, 2.05) is 0 Å². The molecular formula is C7H14N2O4S. The molecule has 0 aromatic heterocycles. The molecule has 82 valence electrons. The topological polar surface area (TPSA) is 101 Å². The third-order valence-electron chi connectivity index (χ3n) is 2.40. The van der Waals surface area contributed by atoms with E-state index in [-0.39, 0.29) is 12.3 Å². The Balaban J connectivity index is 2.43. The highest BCUT2D eigenvalue weighted by molar-refractivity contribution is 7.86. The zero-order chi connectivity index (χ0) is 10.8. The predicted octanol–water partition coefficient (Wildman–Crippen LogP) is -0.623. The van der Waals surface area contributed by atoms with E-state index in [9.17, 15) is 13.2 Å². The summed E-state index contributed by atoms with van der Waals surface area (Å²) in [4.78, 5) is 10.4. The summed E-state index contributed by atoms with van der Waals surface area (Å²) in [6, 6.07) is 0. The van der Waals surface area contributed by atoms with E-state index in [4.69, 9.17) is 10.2 Å². The highest BCUT2D eigenvalue weighted by Gasteiger charge is 2.26. The second-order valence-corrected chi connectivity index (χ2v) is 5.03. The fourth-order valence-corrected chi connectivity index (χ4v) is 2.33. The molecular weight excluding hydrogens is 208 g/mol. The zero-order valence-electron chi connectivity index (χ0n) is 7.72. The molecule has 1 aliphatic heterocycles. The summed E-state index contributed by atoms with van der Waals surface area (Å²) >= 11 is 0. The van der Waals surface area contributed by atoms with Gasteiger partial charge in [-0.1, -0.05) is 0 Å². The molecule has 0 saturated carbocycles. The molecule has 0 aromatic rings. The molecule has 1 fully saturated rings. The molecule has 3 N–H and O–H groups in total. The van der Waals surface area contributed by atoms with Gasteiger partial charge in [0.05, 0.1) is 0 Å². The first-order chi connectivity index (χ1) is 6.39. The minimum absolute atomic E-state index is 0.0745. The predicted molar refractivity (Wildman–Crippen MR) is 49.7 cm³/mol. The lowest BCUT2D eigenvalue weighted by molar-refractivity contribution is -0.138. The maximum absolute atomic E-state index is 10.9. The van der Waals surface area contributed by atoms with Gasteiger partial charge in [0.25, 0.3) is 10.2 Å². The average molecular weight is 222 g/mol. The Morgan fingerprint density at radius 3 is 2.29 bits per heavy atom. The van der Waals surface area contributed by atoms with Crippen LogP contribution in [-0.4, -0.2) is 36.9 Å². The van der Waals surface area contributed by atoms with E-state index in [0.717, 1.165) is 0 Å². The van der Waals surface area contributed by atoms with Gasteiger partial charge in [-0.2, -0.15) is 12.7 Å². The van der Waals surface area contributed by atoms with Crippen molar-refractivity contribution in [2.45, 2.75) is 19.3 Å². The van der Waals surface area contributed by atoms with Gasteiger partial charge in [-0.05, 0) is 18.8 Å². The molecule has 1 saturated heterocycles. The molecule has 14 heavy (non-hydrogen) atoms. The number of piperidine rings is 1. The Kier molecular flexibility index (Phi) is 3.46. The van der Waals surface area contributed by atoms with Gasteiger partial charge in [0, 0.05) is 19.5 Å². The van der Waals surface area contributed by atoms with E-state index >= 15 is 0 Å². The lowest BCUT2D eigenvalue weighted by atomic mass is 9.95. The van der Waals surface area contributed by atoms with Crippen molar-refractivity contribution in [3.8, 4) is 0 Å². The summed E-state index contributed by atoms with van der Waals surface area (Å²) in [7, 11) is -3.59. The molecule has 0 spiro atoms. The Hall–Kier alpha value is -0.660. The van der Waals surface area contributed by atoms with Crippen LogP contribution >= 0.6 is 0 Å². The SMILES string of the molecule is NS(=O)(=O)N1CCC(CC(=O)O)CC1. The minimum atomic E-state index is -3.59. The molecule has 7 heteroatoms. The molecule has 0 radical (unpaired) electrons. The number of rotatable bonds is 3. The Morgan fingerprint density at radius 1 is 1.43 bits per heavy atom. The van der Waals surface area contributed by atoms with E-state index < -0.39 is 16.2 Å². The van der Waals surface area contributed by atoms with Crippen LogP contribution in [0, 0.1) is 5.92 Å². The van der Waals surface area contributed by atoms with Crippen LogP contribution in [0.2, 0.25) is 0 Å². The third-order valence-corrected chi connectivity index (χ3v) is 3.48. The number of nitrogens with two attached hydrogens (primary N) is 1.